The summed E-state index contributed by atoms with van der Waals surface area (Å²) in [5.74, 6) is -1.37. The zero-order valence-electron chi connectivity index (χ0n) is 11.0. The highest BCUT2D eigenvalue weighted by Crippen LogP contribution is 2.23. The molecule has 108 valence electrons. The van der Waals surface area contributed by atoms with Gasteiger partial charge >= 0.3 is 0 Å². The fourth-order valence-corrected chi connectivity index (χ4v) is 2.32. The lowest BCUT2D eigenvalue weighted by atomic mass is 10.0. The third-order valence-electron chi connectivity index (χ3n) is 3.36. The predicted molar refractivity (Wildman–Crippen MR) is 68.9 cm³/mol. The molecule has 1 aromatic carbocycles. The molecule has 1 heterocycles. The number of nitro groups is 1. The second kappa shape index (κ2) is 5.54. The standard InChI is InChI=1S/C13H15FN2O4/c1-8-5-9(16(19)20)6-11(12(8)14)13(18)15-4-2-3-10(17)7-15/h5-6,10,17H,2-4,7H2,1H3/t10-/m0/s1. The minimum Gasteiger partial charge on any atom is -0.391 e. The van der Waals surface area contributed by atoms with E-state index in [9.17, 15) is 24.4 Å². The Labute approximate surface area is 115 Å². The number of halogens is 1. The van der Waals surface area contributed by atoms with Gasteiger partial charge in [-0.2, -0.15) is 0 Å². The molecule has 0 aromatic heterocycles. The fraction of sp³-hybridized carbons (Fsp3) is 0.462. The van der Waals surface area contributed by atoms with E-state index in [-0.39, 0.29) is 23.4 Å². The van der Waals surface area contributed by atoms with Crippen LogP contribution in [0.2, 0.25) is 0 Å². The molecule has 1 atom stereocenters. The number of nitro benzene ring substituents is 1. The molecule has 6 nitrogen and oxygen atoms in total. The summed E-state index contributed by atoms with van der Waals surface area (Å²) in [6.07, 6.45) is 0.596. The maximum atomic E-state index is 14.0. The summed E-state index contributed by atoms with van der Waals surface area (Å²) in [6, 6.07) is 2.04. The molecule has 1 aliphatic rings. The van der Waals surface area contributed by atoms with Crippen LogP contribution in [0.25, 0.3) is 0 Å². The van der Waals surface area contributed by atoms with Gasteiger partial charge in [-0.1, -0.05) is 0 Å². The molecule has 0 saturated carbocycles. The molecular formula is C13H15FN2O4. The van der Waals surface area contributed by atoms with Gasteiger partial charge in [0.05, 0.1) is 16.6 Å². The monoisotopic (exact) mass is 282 g/mol. The Morgan fingerprint density at radius 3 is 2.85 bits per heavy atom. The van der Waals surface area contributed by atoms with E-state index in [1.54, 1.807) is 0 Å². The number of hydrogen-bond acceptors (Lipinski definition) is 4. The van der Waals surface area contributed by atoms with Crippen LogP contribution >= 0.6 is 0 Å². The van der Waals surface area contributed by atoms with Crippen LogP contribution in [0.5, 0.6) is 0 Å². The largest absolute Gasteiger partial charge is 0.391 e. The molecule has 0 aliphatic carbocycles. The number of hydrogen-bond donors (Lipinski definition) is 1. The highest BCUT2D eigenvalue weighted by molar-refractivity contribution is 5.95. The lowest BCUT2D eigenvalue weighted by Crippen LogP contribution is -2.42. The van der Waals surface area contributed by atoms with Crippen LogP contribution in [0.1, 0.15) is 28.8 Å². The van der Waals surface area contributed by atoms with Crippen molar-refractivity contribution in [1.29, 1.82) is 0 Å². The number of carbonyl (C=O) groups excluding carboxylic acids is 1. The van der Waals surface area contributed by atoms with E-state index in [2.05, 4.69) is 0 Å². The van der Waals surface area contributed by atoms with Crippen LogP contribution < -0.4 is 0 Å². The van der Waals surface area contributed by atoms with Crippen molar-refractivity contribution >= 4 is 11.6 Å². The summed E-state index contributed by atoms with van der Waals surface area (Å²) in [7, 11) is 0. The Bertz CT molecular complexity index is 562. The molecule has 1 aliphatic heterocycles. The molecule has 0 spiro atoms. The van der Waals surface area contributed by atoms with E-state index in [4.69, 9.17) is 0 Å². The van der Waals surface area contributed by atoms with Gasteiger partial charge in [-0.15, -0.1) is 0 Å². The van der Waals surface area contributed by atoms with Gasteiger partial charge < -0.3 is 10.0 Å². The van der Waals surface area contributed by atoms with Crippen LogP contribution in [-0.2, 0) is 0 Å². The molecule has 0 bridgehead atoms. The van der Waals surface area contributed by atoms with E-state index in [1.807, 2.05) is 0 Å². The summed E-state index contributed by atoms with van der Waals surface area (Å²) in [6.45, 7) is 1.92. The van der Waals surface area contributed by atoms with Crippen LogP contribution in [0.3, 0.4) is 0 Å². The van der Waals surface area contributed by atoms with Crippen molar-refractivity contribution in [2.45, 2.75) is 25.9 Å². The smallest absolute Gasteiger partial charge is 0.270 e. The first-order valence-electron chi connectivity index (χ1n) is 6.32. The number of aryl methyl sites for hydroxylation is 1. The molecule has 20 heavy (non-hydrogen) atoms. The predicted octanol–water partition coefficient (Wildman–Crippen LogP) is 1.64. The molecule has 1 aromatic rings. The fourth-order valence-electron chi connectivity index (χ4n) is 2.32. The normalized spacial score (nSPS) is 18.9. The van der Waals surface area contributed by atoms with E-state index >= 15 is 0 Å². The highest BCUT2D eigenvalue weighted by atomic mass is 19.1. The molecule has 1 N–H and O–H groups in total. The Hall–Kier alpha value is -2.02. The van der Waals surface area contributed by atoms with Crippen LogP contribution in [0.4, 0.5) is 10.1 Å². The van der Waals surface area contributed by atoms with Crippen LogP contribution in [0.15, 0.2) is 12.1 Å². The van der Waals surface area contributed by atoms with Gasteiger partial charge in [0.15, 0.2) is 0 Å². The van der Waals surface area contributed by atoms with Crippen molar-refractivity contribution in [2.75, 3.05) is 13.1 Å². The number of piperidine rings is 1. The van der Waals surface area contributed by atoms with Gasteiger partial charge in [0.1, 0.15) is 5.82 Å². The maximum Gasteiger partial charge on any atom is 0.270 e. The van der Waals surface area contributed by atoms with Gasteiger partial charge in [-0.05, 0) is 25.3 Å². The van der Waals surface area contributed by atoms with Crippen molar-refractivity contribution in [2.24, 2.45) is 0 Å². The number of β-amino-alcohol motifs (C(OH)–C–C–N with tert-alkyl or cyclic N) is 1. The van der Waals surface area contributed by atoms with Crippen molar-refractivity contribution in [3.63, 3.8) is 0 Å². The average molecular weight is 282 g/mol. The average Bonchev–Trinajstić information content (AvgIpc) is 2.40. The first kappa shape index (κ1) is 14.4. The summed E-state index contributed by atoms with van der Waals surface area (Å²) in [5, 5.41) is 20.3. The third-order valence-corrected chi connectivity index (χ3v) is 3.36. The molecule has 0 unspecified atom stereocenters. The van der Waals surface area contributed by atoms with Gasteiger partial charge in [0.2, 0.25) is 0 Å². The van der Waals surface area contributed by atoms with Crippen molar-refractivity contribution in [3.05, 3.63) is 39.2 Å². The second-order valence-electron chi connectivity index (χ2n) is 4.93. The zero-order chi connectivity index (χ0) is 14.9. The SMILES string of the molecule is Cc1cc([N+](=O)[O-])cc(C(=O)N2CCC[C@H](O)C2)c1F. The third kappa shape index (κ3) is 2.77. The van der Waals surface area contributed by atoms with Crippen molar-refractivity contribution in [1.82, 2.24) is 4.90 Å². The van der Waals surface area contributed by atoms with E-state index in [0.29, 0.717) is 19.4 Å². The van der Waals surface area contributed by atoms with Gasteiger partial charge in [0.25, 0.3) is 11.6 Å². The van der Waals surface area contributed by atoms with E-state index in [0.717, 1.165) is 12.1 Å². The Balaban J connectivity index is 2.35. The lowest BCUT2D eigenvalue weighted by Gasteiger charge is -2.30. The summed E-state index contributed by atoms with van der Waals surface area (Å²) >= 11 is 0. The first-order valence-corrected chi connectivity index (χ1v) is 6.32. The van der Waals surface area contributed by atoms with Crippen LogP contribution in [0, 0.1) is 22.9 Å². The Morgan fingerprint density at radius 1 is 1.55 bits per heavy atom. The molecule has 7 heteroatoms. The number of nitrogens with zero attached hydrogens (tertiary/aromatic N) is 2. The first-order chi connectivity index (χ1) is 9.40. The Kier molecular flexibility index (Phi) is 3.99. The topological polar surface area (TPSA) is 83.7 Å². The number of rotatable bonds is 2. The molecule has 1 amide bonds. The van der Waals surface area contributed by atoms with E-state index < -0.39 is 22.8 Å². The zero-order valence-corrected chi connectivity index (χ0v) is 11.0. The van der Waals surface area contributed by atoms with Gasteiger partial charge in [-0.25, -0.2) is 4.39 Å². The number of amides is 1. The number of aliphatic hydroxyl groups excluding tert-OH is 1. The maximum absolute atomic E-state index is 14.0. The molecule has 2 rings (SSSR count). The number of non-ortho nitro benzene ring substituents is 1. The number of aliphatic hydroxyl groups is 1. The number of likely N-dealkylation sites (tertiary alicyclic amines) is 1. The summed E-state index contributed by atoms with van der Waals surface area (Å²) < 4.78 is 14.0. The minimum absolute atomic E-state index is 0.0557. The highest BCUT2D eigenvalue weighted by Gasteiger charge is 2.27. The lowest BCUT2D eigenvalue weighted by molar-refractivity contribution is -0.385. The minimum atomic E-state index is -0.749. The van der Waals surface area contributed by atoms with Crippen molar-refractivity contribution < 1.29 is 19.2 Å². The molecular weight excluding hydrogens is 267 g/mol. The summed E-state index contributed by atoms with van der Waals surface area (Å²) in [5.41, 5.74) is -0.573. The van der Waals surface area contributed by atoms with E-state index in [1.165, 1.54) is 11.8 Å². The van der Waals surface area contributed by atoms with Gasteiger partial charge in [-0.3, -0.25) is 14.9 Å². The Morgan fingerprint density at radius 2 is 2.25 bits per heavy atom. The van der Waals surface area contributed by atoms with Gasteiger partial charge in [0, 0.05) is 25.2 Å². The van der Waals surface area contributed by atoms with Crippen LogP contribution in [-0.4, -0.2) is 40.0 Å². The number of benzene rings is 1. The molecule has 1 saturated heterocycles. The molecule has 1 fully saturated rings. The summed E-state index contributed by atoms with van der Waals surface area (Å²) in [4.78, 5) is 23.7. The molecule has 0 radical (unpaired) electrons. The van der Waals surface area contributed by atoms with Crippen molar-refractivity contribution in [3.8, 4) is 0 Å². The number of carbonyl (C=O) groups is 1. The quantitative estimate of drug-likeness (QED) is 0.660. The second-order valence-corrected chi connectivity index (χ2v) is 4.93.